The van der Waals surface area contributed by atoms with Gasteiger partial charge in [0, 0.05) is 45.3 Å². The number of aliphatic imine (C=N–C) groups is 1. The third kappa shape index (κ3) is 4.63. The van der Waals surface area contributed by atoms with Crippen LogP contribution in [0.5, 0.6) is 0 Å². The van der Waals surface area contributed by atoms with Crippen LogP contribution in [0.3, 0.4) is 0 Å². The fraction of sp³-hybridized carbons (Fsp3) is 0.500. The van der Waals surface area contributed by atoms with E-state index in [1.165, 1.54) is 31.2 Å². The van der Waals surface area contributed by atoms with Crippen molar-refractivity contribution in [2.45, 2.75) is 31.1 Å². The van der Waals surface area contributed by atoms with Crippen LogP contribution in [0.25, 0.3) is 0 Å². The summed E-state index contributed by atoms with van der Waals surface area (Å²) >= 11 is 0. The zero-order valence-electron chi connectivity index (χ0n) is 17.8. The predicted octanol–water partition coefficient (Wildman–Crippen LogP) is 2.77. The molecule has 0 radical (unpaired) electrons. The van der Waals surface area contributed by atoms with E-state index in [2.05, 4.69) is 50.6 Å². The summed E-state index contributed by atoms with van der Waals surface area (Å²) in [6, 6.07) is 10.8. The van der Waals surface area contributed by atoms with Gasteiger partial charge in [0.05, 0.1) is 11.9 Å². The quantitative estimate of drug-likeness (QED) is 0.381. The van der Waals surface area contributed by atoms with Crippen molar-refractivity contribution in [3.05, 3.63) is 48.3 Å². The topological polar surface area (TPSA) is 65.8 Å². The van der Waals surface area contributed by atoms with Crippen LogP contribution < -0.4 is 10.2 Å². The molecule has 1 N–H and O–H groups in total. The molecule has 1 aromatic carbocycles. The molecule has 0 spiro atoms. The summed E-state index contributed by atoms with van der Waals surface area (Å²) in [6.07, 6.45) is 8.52. The molecule has 1 amide bonds. The van der Waals surface area contributed by atoms with Gasteiger partial charge < -0.3 is 15.1 Å². The molecule has 4 rings (SSSR count). The summed E-state index contributed by atoms with van der Waals surface area (Å²) in [4.78, 5) is 21.1. The molecule has 1 aliphatic heterocycles. The Morgan fingerprint density at radius 2 is 1.93 bits per heavy atom. The molecule has 2 aliphatic rings. The number of aromatic nitrogens is 2. The van der Waals surface area contributed by atoms with Crippen LogP contribution in [-0.2, 0) is 17.3 Å². The van der Waals surface area contributed by atoms with Crippen LogP contribution in [-0.4, -0.2) is 59.8 Å². The first kappa shape index (κ1) is 22.6. The fourth-order valence-electron chi connectivity index (χ4n) is 4.67. The number of carbonyl (C=O) groups excluding carboxylic acids is 1. The van der Waals surface area contributed by atoms with Crippen LogP contribution in [0.4, 0.5) is 5.69 Å². The van der Waals surface area contributed by atoms with Crippen molar-refractivity contribution < 1.29 is 4.79 Å². The lowest BCUT2D eigenvalue weighted by molar-refractivity contribution is -0.120. The lowest BCUT2D eigenvalue weighted by atomic mass is 9.79. The molecule has 2 fully saturated rings. The Labute approximate surface area is 195 Å². The molecular formula is C22H31IN6O. The predicted molar refractivity (Wildman–Crippen MR) is 130 cm³/mol. The maximum absolute atomic E-state index is 12.7. The summed E-state index contributed by atoms with van der Waals surface area (Å²) in [6.45, 7) is 2.56. The Bertz CT molecular complexity index is 875. The number of amides is 1. The Morgan fingerprint density at radius 3 is 2.53 bits per heavy atom. The van der Waals surface area contributed by atoms with Crippen molar-refractivity contribution in [3.63, 3.8) is 0 Å². The highest BCUT2D eigenvalue weighted by Gasteiger charge is 2.36. The monoisotopic (exact) mass is 522 g/mol. The first-order valence-electron chi connectivity index (χ1n) is 10.4. The van der Waals surface area contributed by atoms with Crippen molar-refractivity contribution in [2.75, 3.05) is 38.1 Å². The highest BCUT2D eigenvalue weighted by molar-refractivity contribution is 14.0. The Kier molecular flexibility index (Phi) is 7.38. The van der Waals surface area contributed by atoms with E-state index in [4.69, 9.17) is 0 Å². The molecule has 162 valence electrons. The van der Waals surface area contributed by atoms with Crippen LogP contribution in [0.2, 0.25) is 0 Å². The maximum atomic E-state index is 12.7. The van der Waals surface area contributed by atoms with E-state index in [1.807, 2.05) is 13.2 Å². The molecule has 1 aliphatic carbocycles. The van der Waals surface area contributed by atoms with Crippen molar-refractivity contribution in [3.8, 4) is 0 Å². The number of anilines is 1. The van der Waals surface area contributed by atoms with Crippen LogP contribution in [0.15, 0.2) is 47.7 Å². The maximum Gasteiger partial charge on any atom is 0.246 e. The summed E-state index contributed by atoms with van der Waals surface area (Å²) in [5, 5.41) is 7.77. The van der Waals surface area contributed by atoms with E-state index in [0.717, 1.165) is 24.7 Å². The van der Waals surface area contributed by atoms with Gasteiger partial charge >= 0.3 is 0 Å². The third-order valence-electron chi connectivity index (χ3n) is 6.27. The standard InChI is InChI=1S/C22H30N6O.HI/c1-23-21(24-17-22(10-6-7-11-22)18-8-4-3-5-9-18)27-12-13-28(20(29)16-27)19-14-25-26(2)15-19;/h3-5,8-9,14-15H,6-7,10-13,16-17H2,1-2H3,(H,23,24);1H. The Balaban J connectivity index is 0.00000256. The molecule has 0 bridgehead atoms. The van der Waals surface area contributed by atoms with Gasteiger partial charge in [-0.15, -0.1) is 24.0 Å². The van der Waals surface area contributed by atoms with E-state index < -0.39 is 0 Å². The van der Waals surface area contributed by atoms with Gasteiger partial charge in [0.1, 0.15) is 6.54 Å². The number of piperazine rings is 1. The van der Waals surface area contributed by atoms with E-state index in [0.29, 0.717) is 13.1 Å². The van der Waals surface area contributed by atoms with E-state index in [9.17, 15) is 4.79 Å². The van der Waals surface area contributed by atoms with Gasteiger partial charge in [-0.3, -0.25) is 14.5 Å². The van der Waals surface area contributed by atoms with E-state index in [-0.39, 0.29) is 35.3 Å². The number of halogens is 1. The van der Waals surface area contributed by atoms with Crippen molar-refractivity contribution in [1.82, 2.24) is 20.0 Å². The second kappa shape index (κ2) is 9.80. The lowest BCUT2D eigenvalue weighted by Crippen LogP contribution is -2.56. The van der Waals surface area contributed by atoms with Crippen LogP contribution in [0.1, 0.15) is 31.2 Å². The fourth-order valence-corrected chi connectivity index (χ4v) is 4.67. The summed E-state index contributed by atoms with van der Waals surface area (Å²) < 4.78 is 1.72. The SMILES string of the molecule is CN=C(NCC1(c2ccccc2)CCCC1)N1CCN(c2cnn(C)c2)C(=O)C1.I. The average molecular weight is 522 g/mol. The van der Waals surface area contributed by atoms with Gasteiger partial charge in [0.15, 0.2) is 5.96 Å². The van der Waals surface area contributed by atoms with Gasteiger partial charge in [0.25, 0.3) is 0 Å². The van der Waals surface area contributed by atoms with Crippen molar-refractivity contribution in [1.29, 1.82) is 0 Å². The smallest absolute Gasteiger partial charge is 0.246 e. The van der Waals surface area contributed by atoms with E-state index >= 15 is 0 Å². The number of aryl methyl sites for hydroxylation is 1. The number of benzene rings is 1. The normalized spacial score (nSPS) is 19.0. The van der Waals surface area contributed by atoms with Gasteiger partial charge in [-0.25, -0.2) is 0 Å². The third-order valence-corrected chi connectivity index (χ3v) is 6.27. The minimum Gasteiger partial charge on any atom is -0.355 e. The zero-order valence-corrected chi connectivity index (χ0v) is 20.1. The van der Waals surface area contributed by atoms with E-state index in [1.54, 1.807) is 22.8 Å². The van der Waals surface area contributed by atoms with Crippen LogP contribution in [0, 0.1) is 0 Å². The molecule has 1 saturated heterocycles. The van der Waals surface area contributed by atoms with Gasteiger partial charge in [-0.1, -0.05) is 43.2 Å². The van der Waals surface area contributed by atoms with Crippen molar-refractivity contribution in [2.24, 2.45) is 12.0 Å². The molecular weight excluding hydrogens is 491 g/mol. The number of rotatable bonds is 4. The first-order chi connectivity index (χ1) is 14.1. The molecule has 7 nitrogen and oxygen atoms in total. The second-order valence-electron chi connectivity index (χ2n) is 8.09. The molecule has 2 heterocycles. The summed E-state index contributed by atoms with van der Waals surface area (Å²) in [5.41, 5.74) is 2.41. The summed E-state index contributed by atoms with van der Waals surface area (Å²) in [5.74, 6) is 0.886. The minimum atomic E-state index is 0. The number of nitrogens with zero attached hydrogens (tertiary/aromatic N) is 5. The largest absolute Gasteiger partial charge is 0.355 e. The van der Waals surface area contributed by atoms with Gasteiger partial charge in [-0.05, 0) is 18.4 Å². The van der Waals surface area contributed by atoms with Gasteiger partial charge in [-0.2, -0.15) is 5.10 Å². The molecule has 2 aromatic rings. The molecule has 1 aromatic heterocycles. The average Bonchev–Trinajstić information content (AvgIpc) is 3.39. The highest BCUT2D eigenvalue weighted by Crippen LogP contribution is 2.40. The van der Waals surface area contributed by atoms with Crippen molar-refractivity contribution >= 4 is 41.5 Å². The molecule has 30 heavy (non-hydrogen) atoms. The first-order valence-corrected chi connectivity index (χ1v) is 10.4. The Morgan fingerprint density at radius 1 is 1.20 bits per heavy atom. The number of hydrogen-bond donors (Lipinski definition) is 1. The molecule has 0 atom stereocenters. The molecule has 1 saturated carbocycles. The van der Waals surface area contributed by atoms with Crippen LogP contribution >= 0.6 is 24.0 Å². The number of carbonyl (C=O) groups is 1. The number of nitrogens with one attached hydrogen (secondary N) is 1. The molecule has 0 unspecified atom stereocenters. The second-order valence-corrected chi connectivity index (χ2v) is 8.09. The zero-order chi connectivity index (χ0) is 20.3. The minimum absolute atomic E-state index is 0. The summed E-state index contributed by atoms with van der Waals surface area (Å²) in [7, 11) is 3.66. The number of hydrogen-bond acceptors (Lipinski definition) is 3. The number of guanidine groups is 1. The highest BCUT2D eigenvalue weighted by atomic mass is 127. The Hall–Kier alpha value is -2.10. The lowest BCUT2D eigenvalue weighted by Gasteiger charge is -2.37. The molecule has 8 heteroatoms. The van der Waals surface area contributed by atoms with Gasteiger partial charge in [0.2, 0.25) is 5.91 Å².